The van der Waals surface area contributed by atoms with E-state index in [0.29, 0.717) is 25.7 Å². The number of unbranched alkanes of at least 4 members (excludes halogenated alkanes) is 59. The van der Waals surface area contributed by atoms with Crippen molar-refractivity contribution in [3.05, 3.63) is 0 Å². The Morgan fingerprint density at radius 3 is 0.624 bits per heavy atom. The van der Waals surface area contributed by atoms with Gasteiger partial charge >= 0.3 is 39.5 Å². The fourth-order valence-corrected chi connectivity index (χ4v) is 15.7. The topological polar surface area (TPSA) is 237 Å². The van der Waals surface area contributed by atoms with Crippen LogP contribution in [0, 0.1) is 11.8 Å². The van der Waals surface area contributed by atoms with Gasteiger partial charge in [0.2, 0.25) is 0 Å². The third kappa shape index (κ3) is 83.8. The number of hydrogen-bond donors (Lipinski definition) is 3. The second-order valence-electron chi connectivity index (χ2n) is 33.3. The van der Waals surface area contributed by atoms with E-state index in [2.05, 4.69) is 41.5 Å². The molecule has 19 heteroatoms. The number of phosphoric acid groups is 2. The van der Waals surface area contributed by atoms with E-state index in [0.717, 1.165) is 102 Å². The highest BCUT2D eigenvalue weighted by Gasteiger charge is 2.31. The minimum Gasteiger partial charge on any atom is -0.462 e. The van der Waals surface area contributed by atoms with E-state index in [1.807, 2.05) is 0 Å². The van der Waals surface area contributed by atoms with E-state index in [-0.39, 0.29) is 25.7 Å². The first-order valence-electron chi connectivity index (χ1n) is 46.5. The van der Waals surface area contributed by atoms with E-state index in [1.165, 1.54) is 302 Å². The van der Waals surface area contributed by atoms with Crippen molar-refractivity contribution in [3.8, 4) is 0 Å². The minimum atomic E-state index is -4.97. The van der Waals surface area contributed by atoms with Crippen LogP contribution < -0.4 is 0 Å². The maximum Gasteiger partial charge on any atom is 0.472 e. The van der Waals surface area contributed by atoms with Crippen LogP contribution in [-0.2, 0) is 65.4 Å². The lowest BCUT2D eigenvalue weighted by molar-refractivity contribution is -0.161. The standard InChI is InChI=1S/C90H176O17P2/c1-7-9-11-13-15-17-19-21-22-23-24-25-29-32-36-43-49-55-61-67-73-88(93)101-79-85(106-89(94)74-68-62-56-50-44-37-33-30-27-26-28-31-35-40-46-52-58-64-70-82(3)4)80-104-108(96,97)102-76-84(91)77-103-109(98,99)105-81-86(78-100-87(92)72-66-60-54-48-42-34-20-18-16-14-12-10-8-2)107-90(95)75-69-63-57-51-45-39-38-41-47-53-59-65-71-83(5)6/h82-86,91H,7-81H2,1-6H3,(H,96,97)(H,98,99)/t84-,85-,86-/m1/s1. The smallest absolute Gasteiger partial charge is 0.462 e. The highest BCUT2D eigenvalue weighted by Crippen LogP contribution is 2.45. The monoisotopic (exact) mass is 1590 g/mol. The summed E-state index contributed by atoms with van der Waals surface area (Å²) < 4.78 is 69.1. The quantitative estimate of drug-likeness (QED) is 0.0222. The van der Waals surface area contributed by atoms with Gasteiger partial charge < -0.3 is 33.8 Å². The van der Waals surface area contributed by atoms with Crippen LogP contribution in [0.5, 0.6) is 0 Å². The van der Waals surface area contributed by atoms with Crippen molar-refractivity contribution in [2.75, 3.05) is 39.6 Å². The Labute approximate surface area is 670 Å². The summed E-state index contributed by atoms with van der Waals surface area (Å²) in [6.45, 7) is 9.75. The fourth-order valence-electron chi connectivity index (χ4n) is 14.1. The SMILES string of the molecule is CCCCCCCCCCCCCCCCCCCCCCC(=O)OC[C@H](COP(=O)(O)OC[C@@H](O)COP(=O)(O)OC[C@@H](COC(=O)CCCCCCCCCCCCCCC)OC(=O)CCCCCCCCCCCCCCC(C)C)OC(=O)CCCCCCCCCCCCCCCCCCCCC(C)C. The average Bonchev–Trinajstić information content (AvgIpc) is 0.900. The van der Waals surface area contributed by atoms with Crippen LogP contribution in [0.1, 0.15) is 485 Å². The van der Waals surface area contributed by atoms with Crippen molar-refractivity contribution >= 4 is 39.5 Å². The summed E-state index contributed by atoms with van der Waals surface area (Å²) in [5, 5.41) is 10.7. The molecule has 0 amide bonds. The van der Waals surface area contributed by atoms with Gasteiger partial charge in [0, 0.05) is 25.7 Å². The number of ether oxygens (including phenoxy) is 4. The molecule has 2 unspecified atom stereocenters. The molecule has 0 aromatic carbocycles. The molecule has 17 nitrogen and oxygen atoms in total. The first kappa shape index (κ1) is 107. The summed E-state index contributed by atoms with van der Waals surface area (Å²) in [7, 11) is -9.93. The van der Waals surface area contributed by atoms with Crippen LogP contribution in [0.2, 0.25) is 0 Å². The maximum absolute atomic E-state index is 13.2. The average molecular weight is 1590 g/mol. The number of rotatable bonds is 89. The van der Waals surface area contributed by atoms with Crippen LogP contribution in [0.25, 0.3) is 0 Å². The van der Waals surface area contributed by atoms with E-state index in [4.69, 9.17) is 37.0 Å². The number of esters is 4. The van der Waals surface area contributed by atoms with Gasteiger partial charge in [-0.05, 0) is 37.5 Å². The predicted molar refractivity (Wildman–Crippen MR) is 451 cm³/mol. The van der Waals surface area contributed by atoms with Crippen molar-refractivity contribution in [3.63, 3.8) is 0 Å². The van der Waals surface area contributed by atoms with Gasteiger partial charge in [0.25, 0.3) is 0 Å². The van der Waals surface area contributed by atoms with E-state index < -0.39 is 97.5 Å². The molecule has 0 saturated carbocycles. The molecule has 0 aromatic heterocycles. The van der Waals surface area contributed by atoms with Crippen LogP contribution in [0.3, 0.4) is 0 Å². The molecule has 109 heavy (non-hydrogen) atoms. The Morgan fingerprint density at radius 1 is 0.248 bits per heavy atom. The van der Waals surface area contributed by atoms with Gasteiger partial charge in [-0.25, -0.2) is 9.13 Å². The molecule has 648 valence electrons. The van der Waals surface area contributed by atoms with Gasteiger partial charge in [0.1, 0.15) is 19.3 Å². The summed E-state index contributed by atoms with van der Waals surface area (Å²) in [6, 6.07) is 0. The van der Waals surface area contributed by atoms with Gasteiger partial charge in [-0.15, -0.1) is 0 Å². The fraction of sp³-hybridized carbons (Fsp3) is 0.956. The molecular weight excluding hydrogens is 1410 g/mol. The zero-order valence-electron chi connectivity index (χ0n) is 71.9. The number of aliphatic hydroxyl groups is 1. The van der Waals surface area contributed by atoms with E-state index >= 15 is 0 Å². The number of carbonyl (C=O) groups excluding carboxylic acids is 4. The Balaban J connectivity index is 5.25. The lowest BCUT2D eigenvalue weighted by atomic mass is 10.0. The molecule has 0 radical (unpaired) electrons. The van der Waals surface area contributed by atoms with E-state index in [1.54, 1.807) is 0 Å². The van der Waals surface area contributed by atoms with Crippen molar-refractivity contribution in [1.82, 2.24) is 0 Å². The van der Waals surface area contributed by atoms with Crippen LogP contribution in [-0.4, -0.2) is 96.7 Å². The summed E-state index contributed by atoms with van der Waals surface area (Å²) in [6.07, 6.45) is 75.0. The summed E-state index contributed by atoms with van der Waals surface area (Å²) in [5.74, 6) is -0.499. The maximum atomic E-state index is 13.2. The molecule has 0 aliphatic carbocycles. The van der Waals surface area contributed by atoms with Crippen molar-refractivity contribution in [1.29, 1.82) is 0 Å². The molecule has 0 fully saturated rings. The molecule has 0 aliphatic heterocycles. The number of carbonyl (C=O) groups is 4. The lowest BCUT2D eigenvalue weighted by Crippen LogP contribution is -2.30. The highest BCUT2D eigenvalue weighted by atomic mass is 31.2. The minimum absolute atomic E-state index is 0.108. The second-order valence-corrected chi connectivity index (χ2v) is 36.2. The number of aliphatic hydroxyl groups excluding tert-OH is 1. The molecule has 0 aliphatic rings. The summed E-state index contributed by atoms with van der Waals surface area (Å²) >= 11 is 0. The molecule has 0 heterocycles. The van der Waals surface area contributed by atoms with Gasteiger partial charge in [0.15, 0.2) is 12.2 Å². The molecule has 0 spiro atoms. The molecule has 0 rings (SSSR count). The van der Waals surface area contributed by atoms with Gasteiger partial charge in [-0.3, -0.25) is 37.3 Å². The number of hydrogen-bond acceptors (Lipinski definition) is 15. The van der Waals surface area contributed by atoms with Crippen molar-refractivity contribution in [2.45, 2.75) is 503 Å². The van der Waals surface area contributed by atoms with Crippen LogP contribution in [0.15, 0.2) is 0 Å². The molecule has 0 saturated heterocycles. The Hall–Kier alpha value is -1.94. The Bertz CT molecular complexity index is 2080. The van der Waals surface area contributed by atoms with E-state index in [9.17, 15) is 43.2 Å². The largest absolute Gasteiger partial charge is 0.472 e. The molecular formula is C90H176O17P2. The third-order valence-corrected chi connectivity index (χ3v) is 23.1. The van der Waals surface area contributed by atoms with Crippen molar-refractivity contribution in [2.24, 2.45) is 11.8 Å². The first-order chi connectivity index (χ1) is 52.9. The predicted octanol–water partition coefficient (Wildman–Crippen LogP) is 27.8. The molecule has 3 N–H and O–H groups in total. The van der Waals surface area contributed by atoms with Gasteiger partial charge in [-0.2, -0.15) is 0 Å². The normalized spacial score (nSPS) is 13.8. The Morgan fingerprint density at radius 2 is 0.422 bits per heavy atom. The van der Waals surface area contributed by atoms with Gasteiger partial charge in [-0.1, -0.05) is 433 Å². The third-order valence-electron chi connectivity index (χ3n) is 21.2. The zero-order valence-corrected chi connectivity index (χ0v) is 73.7. The van der Waals surface area contributed by atoms with Crippen LogP contribution in [0.4, 0.5) is 0 Å². The first-order valence-corrected chi connectivity index (χ1v) is 49.5. The summed E-state index contributed by atoms with van der Waals surface area (Å²) in [4.78, 5) is 73.4. The molecule has 0 bridgehead atoms. The number of phosphoric ester groups is 2. The Kier molecular flexibility index (Phi) is 79.8. The summed E-state index contributed by atoms with van der Waals surface area (Å²) in [5.41, 5.74) is 0. The highest BCUT2D eigenvalue weighted by molar-refractivity contribution is 7.47. The zero-order chi connectivity index (χ0) is 79.9. The molecule has 0 aromatic rings. The van der Waals surface area contributed by atoms with Gasteiger partial charge in [0.05, 0.1) is 26.4 Å². The van der Waals surface area contributed by atoms with Crippen LogP contribution >= 0.6 is 15.6 Å². The van der Waals surface area contributed by atoms with Crippen molar-refractivity contribution < 1.29 is 80.2 Å². The second kappa shape index (κ2) is 81.2. The molecule has 5 atom stereocenters. The lowest BCUT2D eigenvalue weighted by Gasteiger charge is -2.21.